The number of hydrogen-bond donors (Lipinski definition) is 5. The fourth-order valence-electron chi connectivity index (χ4n) is 6.03. The number of carbonyl (C=O) groups excluding carboxylic acids is 3. The standard InChI is InChI=1S/C29H35N5O3.CH4O/c1-30-18-26(35)32-19-27(36)33-25(16-21-17-31-24-9-5-3-7-22(21)24)28(37)34-14-12-29(13-15-34)11-10-20-6-2-4-8-23(20)29;1-2/h2-9,17,25,30-31H,10-16,18-19H2,1H3,(H,32,35)(H,33,36);2H,1H3/t25-;/m1./s1. The minimum Gasteiger partial charge on any atom is -0.400 e. The van der Waals surface area contributed by atoms with E-state index in [2.05, 4.69) is 45.2 Å². The second-order valence-electron chi connectivity index (χ2n) is 10.3. The van der Waals surface area contributed by atoms with Crippen molar-refractivity contribution in [3.8, 4) is 0 Å². The molecule has 5 N–H and O–H groups in total. The molecule has 1 saturated heterocycles. The Morgan fingerprint density at radius 2 is 1.69 bits per heavy atom. The van der Waals surface area contributed by atoms with Gasteiger partial charge in [-0.25, -0.2) is 0 Å². The van der Waals surface area contributed by atoms with Crippen molar-refractivity contribution in [1.82, 2.24) is 25.8 Å². The molecular formula is C30H39N5O4. The lowest BCUT2D eigenvalue weighted by molar-refractivity contribution is -0.137. The molecule has 5 rings (SSSR count). The number of nitrogens with zero attached hydrogens (tertiary/aromatic N) is 1. The molecule has 1 aliphatic heterocycles. The number of aryl methyl sites for hydroxylation is 1. The number of likely N-dealkylation sites (N-methyl/N-ethyl adjacent to an activating group) is 1. The summed E-state index contributed by atoms with van der Waals surface area (Å²) in [7, 11) is 2.67. The Balaban J connectivity index is 0.00000172. The average Bonchev–Trinajstić information content (AvgIpc) is 3.55. The summed E-state index contributed by atoms with van der Waals surface area (Å²) < 4.78 is 0. The summed E-state index contributed by atoms with van der Waals surface area (Å²) in [6.45, 7) is 1.31. The second kappa shape index (κ2) is 12.9. The topological polar surface area (TPSA) is 127 Å². The normalized spacial score (nSPS) is 16.2. The van der Waals surface area contributed by atoms with Crippen molar-refractivity contribution >= 4 is 28.6 Å². The second-order valence-corrected chi connectivity index (χ2v) is 10.3. The highest BCUT2D eigenvalue weighted by Gasteiger charge is 2.42. The Hall–Kier alpha value is -3.69. The zero-order valence-corrected chi connectivity index (χ0v) is 22.8. The van der Waals surface area contributed by atoms with E-state index in [0.29, 0.717) is 19.5 Å². The van der Waals surface area contributed by atoms with Crippen LogP contribution in [0.3, 0.4) is 0 Å². The number of fused-ring (bicyclic) bond motifs is 3. The molecule has 9 nitrogen and oxygen atoms in total. The molecule has 0 radical (unpaired) electrons. The molecule has 1 fully saturated rings. The van der Waals surface area contributed by atoms with Crippen LogP contribution in [0.2, 0.25) is 0 Å². The van der Waals surface area contributed by atoms with Gasteiger partial charge in [0.2, 0.25) is 17.7 Å². The zero-order chi connectivity index (χ0) is 27.8. The molecule has 208 valence electrons. The predicted molar refractivity (Wildman–Crippen MR) is 151 cm³/mol. The average molecular weight is 534 g/mol. The molecule has 1 atom stereocenters. The number of aliphatic hydroxyl groups is 1. The van der Waals surface area contributed by atoms with Crippen molar-refractivity contribution in [3.63, 3.8) is 0 Å². The summed E-state index contributed by atoms with van der Waals surface area (Å²) in [6, 6.07) is 15.9. The Bertz CT molecular complexity index is 1300. The first kappa shape index (κ1) is 28.3. The van der Waals surface area contributed by atoms with Gasteiger partial charge >= 0.3 is 0 Å². The SMILES string of the molecule is CNCC(=O)NCC(=O)N[C@H](Cc1c[nH]c2ccccc12)C(=O)N1CCC2(CCc3ccccc32)CC1.CO. The van der Waals surface area contributed by atoms with Crippen LogP contribution in [0.1, 0.15) is 36.0 Å². The van der Waals surface area contributed by atoms with E-state index < -0.39 is 6.04 Å². The van der Waals surface area contributed by atoms with Crippen LogP contribution in [0, 0.1) is 0 Å². The molecule has 2 heterocycles. The van der Waals surface area contributed by atoms with Gasteiger partial charge in [-0.15, -0.1) is 0 Å². The van der Waals surface area contributed by atoms with Crippen LogP contribution in [0.25, 0.3) is 10.9 Å². The number of piperidine rings is 1. The third-order valence-corrected chi connectivity index (χ3v) is 8.01. The number of H-pyrrole nitrogens is 1. The molecule has 3 aromatic rings. The lowest BCUT2D eigenvalue weighted by Gasteiger charge is -2.41. The summed E-state index contributed by atoms with van der Waals surface area (Å²) >= 11 is 0. The molecule has 1 aromatic heterocycles. The maximum absolute atomic E-state index is 13.8. The number of aromatic amines is 1. The van der Waals surface area contributed by atoms with Gasteiger partial charge in [0.15, 0.2) is 0 Å². The van der Waals surface area contributed by atoms with E-state index in [1.807, 2.05) is 35.4 Å². The summed E-state index contributed by atoms with van der Waals surface area (Å²) in [4.78, 5) is 43.5. The Kier molecular flexibility index (Phi) is 9.37. The number of para-hydroxylation sites is 1. The molecule has 1 spiro atoms. The van der Waals surface area contributed by atoms with E-state index in [-0.39, 0.29) is 36.2 Å². The lowest BCUT2D eigenvalue weighted by Crippen LogP contribution is -2.54. The third kappa shape index (κ3) is 6.32. The summed E-state index contributed by atoms with van der Waals surface area (Å²) in [5.41, 5.74) is 5.01. The van der Waals surface area contributed by atoms with Gasteiger partial charge in [0.25, 0.3) is 0 Å². The molecule has 3 amide bonds. The van der Waals surface area contributed by atoms with Gasteiger partial charge in [-0.2, -0.15) is 0 Å². The number of rotatable bonds is 8. The summed E-state index contributed by atoms with van der Waals surface area (Å²) in [5.74, 6) is -0.711. The monoisotopic (exact) mass is 533 g/mol. The number of aliphatic hydroxyl groups excluding tert-OH is 1. The fraction of sp³-hybridized carbons (Fsp3) is 0.433. The molecule has 1 aliphatic carbocycles. The van der Waals surface area contributed by atoms with Crippen LogP contribution in [0.4, 0.5) is 0 Å². The number of likely N-dealkylation sites (tertiary alicyclic amines) is 1. The first-order valence-corrected chi connectivity index (χ1v) is 13.6. The number of amides is 3. The number of benzene rings is 2. The minimum atomic E-state index is -0.710. The quantitative estimate of drug-likeness (QED) is 0.301. The highest BCUT2D eigenvalue weighted by Crippen LogP contribution is 2.46. The maximum Gasteiger partial charge on any atom is 0.245 e. The number of aromatic nitrogens is 1. The molecule has 0 unspecified atom stereocenters. The maximum atomic E-state index is 13.8. The number of nitrogens with one attached hydrogen (secondary N) is 4. The van der Waals surface area contributed by atoms with Crippen molar-refractivity contribution in [1.29, 1.82) is 0 Å². The molecule has 2 aromatic carbocycles. The van der Waals surface area contributed by atoms with Crippen molar-refractivity contribution in [2.45, 2.75) is 43.6 Å². The molecule has 39 heavy (non-hydrogen) atoms. The van der Waals surface area contributed by atoms with Gasteiger partial charge in [0.05, 0.1) is 13.1 Å². The minimum absolute atomic E-state index is 0.0682. The lowest BCUT2D eigenvalue weighted by atomic mass is 9.74. The van der Waals surface area contributed by atoms with Crippen molar-refractivity contribution in [2.75, 3.05) is 40.3 Å². The number of hydrogen-bond acceptors (Lipinski definition) is 5. The van der Waals surface area contributed by atoms with E-state index in [1.165, 1.54) is 11.1 Å². The van der Waals surface area contributed by atoms with Gasteiger partial charge in [-0.3, -0.25) is 14.4 Å². The van der Waals surface area contributed by atoms with Crippen LogP contribution in [0.5, 0.6) is 0 Å². The van der Waals surface area contributed by atoms with Crippen molar-refractivity contribution < 1.29 is 19.5 Å². The molecule has 0 bridgehead atoms. The van der Waals surface area contributed by atoms with E-state index in [9.17, 15) is 14.4 Å². The zero-order valence-electron chi connectivity index (χ0n) is 22.8. The van der Waals surface area contributed by atoms with Gasteiger partial charge in [-0.1, -0.05) is 42.5 Å². The van der Waals surface area contributed by atoms with E-state index in [0.717, 1.165) is 49.3 Å². The number of carbonyl (C=O) groups is 3. The highest BCUT2D eigenvalue weighted by molar-refractivity contribution is 5.91. The molecule has 9 heteroatoms. The van der Waals surface area contributed by atoms with Gasteiger partial charge in [-0.05, 0) is 60.9 Å². The van der Waals surface area contributed by atoms with Crippen LogP contribution in [-0.4, -0.2) is 79.1 Å². The highest BCUT2D eigenvalue weighted by atomic mass is 16.2. The largest absolute Gasteiger partial charge is 0.400 e. The van der Waals surface area contributed by atoms with Crippen LogP contribution in [0.15, 0.2) is 54.7 Å². The molecule has 0 saturated carbocycles. The first-order chi connectivity index (χ1) is 19.0. The summed E-state index contributed by atoms with van der Waals surface area (Å²) in [6.07, 6.45) is 6.39. The van der Waals surface area contributed by atoms with Gasteiger partial charge in [0.1, 0.15) is 6.04 Å². The van der Waals surface area contributed by atoms with E-state index in [1.54, 1.807) is 7.05 Å². The fourth-order valence-corrected chi connectivity index (χ4v) is 6.03. The summed E-state index contributed by atoms with van der Waals surface area (Å²) in [5, 5.41) is 16.3. The Morgan fingerprint density at radius 3 is 2.46 bits per heavy atom. The van der Waals surface area contributed by atoms with Crippen LogP contribution < -0.4 is 16.0 Å². The van der Waals surface area contributed by atoms with E-state index in [4.69, 9.17) is 5.11 Å². The van der Waals surface area contributed by atoms with Crippen LogP contribution >= 0.6 is 0 Å². The van der Waals surface area contributed by atoms with Gasteiger partial charge in [0, 0.05) is 43.7 Å². The molecular weight excluding hydrogens is 494 g/mol. The first-order valence-electron chi connectivity index (χ1n) is 13.6. The smallest absolute Gasteiger partial charge is 0.245 e. The molecule has 2 aliphatic rings. The van der Waals surface area contributed by atoms with E-state index >= 15 is 0 Å². The third-order valence-electron chi connectivity index (χ3n) is 8.01. The van der Waals surface area contributed by atoms with Crippen LogP contribution in [-0.2, 0) is 32.6 Å². The van der Waals surface area contributed by atoms with Crippen molar-refractivity contribution in [3.05, 3.63) is 71.4 Å². The van der Waals surface area contributed by atoms with Crippen molar-refractivity contribution in [2.24, 2.45) is 0 Å². The Morgan fingerprint density at radius 1 is 0.974 bits per heavy atom. The van der Waals surface area contributed by atoms with Gasteiger partial charge < -0.3 is 30.9 Å². The Labute approximate surface area is 229 Å². The predicted octanol–water partition coefficient (Wildman–Crippen LogP) is 1.65.